The highest BCUT2D eigenvalue weighted by Gasteiger charge is 2.32. The predicted molar refractivity (Wildman–Crippen MR) is 201 cm³/mol. The van der Waals surface area contributed by atoms with Crippen LogP contribution in [0.15, 0.2) is 18.3 Å². The molecule has 0 saturated carbocycles. The molecule has 54 heavy (non-hydrogen) atoms. The molecule has 3 N–H and O–H groups in total. The van der Waals surface area contributed by atoms with Gasteiger partial charge in [-0.1, -0.05) is 0 Å². The SMILES string of the molecule is CCOC(=O)c1cc(C)[nH]c1/C=C1\C(=O)Nc2cnc(-c3c(CN(CCNC(=O)OC(C)(C)C)C(=O)OC(C)(C)C)nn(C(=O)OC(C)(C)C)c3C)cc21. The van der Waals surface area contributed by atoms with Crippen molar-refractivity contribution in [3.63, 3.8) is 0 Å². The number of H-pyrrole nitrogens is 1. The highest BCUT2D eigenvalue weighted by Crippen LogP contribution is 2.37. The number of esters is 1. The number of hydrogen-bond donors (Lipinski definition) is 3. The third kappa shape index (κ3) is 10.5. The molecule has 292 valence electrons. The van der Waals surface area contributed by atoms with Gasteiger partial charge in [-0.2, -0.15) is 9.78 Å². The van der Waals surface area contributed by atoms with E-state index < -0.39 is 47.0 Å². The van der Waals surface area contributed by atoms with Crippen molar-refractivity contribution in [2.24, 2.45) is 0 Å². The smallest absolute Gasteiger partial charge is 0.435 e. The van der Waals surface area contributed by atoms with Gasteiger partial charge in [0.05, 0.1) is 58.9 Å². The Hall–Kier alpha value is -5.67. The second-order valence-corrected chi connectivity index (χ2v) is 15.8. The lowest BCUT2D eigenvalue weighted by Crippen LogP contribution is -2.42. The van der Waals surface area contributed by atoms with Crippen molar-refractivity contribution in [2.75, 3.05) is 25.0 Å². The first-order chi connectivity index (χ1) is 25.0. The molecule has 16 nitrogen and oxygen atoms in total. The number of aromatic nitrogens is 4. The Labute approximate surface area is 314 Å². The van der Waals surface area contributed by atoms with E-state index >= 15 is 0 Å². The maximum Gasteiger partial charge on any atom is 0.435 e. The Morgan fingerprint density at radius 1 is 0.944 bits per heavy atom. The number of pyridine rings is 1. The van der Waals surface area contributed by atoms with Gasteiger partial charge in [0, 0.05) is 29.9 Å². The standard InChI is InChI=1S/C38H51N7O9/c1-13-51-32(47)25-16-21(2)41-26(25)18-24-23-17-27(40-19-28(23)42-31(24)46)30-22(3)45(35(50)54-38(10,11)12)43-29(30)20-44(34(49)53-37(7,8)9)15-14-39-33(48)52-36(4,5)6/h16-19,41H,13-15,20H2,1-12H3,(H,39,48)(H,42,46)/b24-18-. The van der Waals surface area contributed by atoms with Gasteiger partial charge in [-0.05, 0) is 101 Å². The number of rotatable bonds is 9. The van der Waals surface area contributed by atoms with Gasteiger partial charge in [0.15, 0.2) is 0 Å². The van der Waals surface area contributed by atoms with Gasteiger partial charge in [0.1, 0.15) is 16.8 Å². The molecule has 0 aromatic carbocycles. The van der Waals surface area contributed by atoms with Crippen LogP contribution in [-0.4, -0.2) is 91.3 Å². The van der Waals surface area contributed by atoms with Gasteiger partial charge in [-0.3, -0.25) is 9.78 Å². The highest BCUT2D eigenvalue weighted by molar-refractivity contribution is 6.35. The lowest BCUT2D eigenvalue weighted by atomic mass is 10.0. The minimum atomic E-state index is -0.850. The summed E-state index contributed by atoms with van der Waals surface area (Å²) in [5, 5.41) is 10.1. The first-order valence-corrected chi connectivity index (χ1v) is 17.6. The van der Waals surface area contributed by atoms with Crippen LogP contribution in [0.25, 0.3) is 22.9 Å². The Kier molecular flexibility index (Phi) is 12.0. The second kappa shape index (κ2) is 15.7. The first kappa shape index (κ1) is 41.1. The van der Waals surface area contributed by atoms with Crippen molar-refractivity contribution in [1.82, 2.24) is 30.0 Å². The van der Waals surface area contributed by atoms with E-state index in [0.717, 1.165) is 4.68 Å². The summed E-state index contributed by atoms with van der Waals surface area (Å²) in [4.78, 5) is 74.6. The number of hydrogen-bond acceptors (Lipinski definition) is 11. The van der Waals surface area contributed by atoms with Gasteiger partial charge in [0.2, 0.25) is 0 Å². The molecular formula is C38H51N7O9. The third-order valence-electron chi connectivity index (χ3n) is 7.51. The average Bonchev–Trinajstić information content (AvgIpc) is 3.65. The van der Waals surface area contributed by atoms with Crippen LogP contribution in [0.2, 0.25) is 0 Å². The Morgan fingerprint density at radius 2 is 1.59 bits per heavy atom. The molecular weight excluding hydrogens is 698 g/mol. The van der Waals surface area contributed by atoms with Crippen LogP contribution < -0.4 is 10.6 Å². The molecule has 0 spiro atoms. The summed E-state index contributed by atoms with van der Waals surface area (Å²) in [6, 6.07) is 3.32. The van der Waals surface area contributed by atoms with Crippen LogP contribution in [0.5, 0.6) is 0 Å². The number of nitrogens with one attached hydrogen (secondary N) is 3. The molecule has 3 amide bonds. The van der Waals surface area contributed by atoms with Crippen LogP contribution in [0, 0.1) is 13.8 Å². The summed E-state index contributed by atoms with van der Waals surface area (Å²) in [7, 11) is 0. The van der Waals surface area contributed by atoms with Gasteiger partial charge in [-0.15, -0.1) is 0 Å². The summed E-state index contributed by atoms with van der Waals surface area (Å²) < 4.78 is 23.0. The van der Waals surface area contributed by atoms with E-state index in [4.69, 9.17) is 18.9 Å². The lowest BCUT2D eigenvalue weighted by Gasteiger charge is -2.27. The zero-order chi connectivity index (χ0) is 40.3. The summed E-state index contributed by atoms with van der Waals surface area (Å²) in [6.45, 7) is 20.8. The monoisotopic (exact) mass is 749 g/mol. The van der Waals surface area contributed by atoms with Crippen molar-refractivity contribution in [2.45, 2.75) is 106 Å². The fraction of sp³-hybridized carbons (Fsp3) is 0.500. The van der Waals surface area contributed by atoms with Crippen molar-refractivity contribution in [3.05, 3.63) is 52.2 Å². The quantitative estimate of drug-likeness (QED) is 0.121. The van der Waals surface area contributed by atoms with E-state index in [-0.39, 0.29) is 43.1 Å². The highest BCUT2D eigenvalue weighted by atomic mass is 16.6. The van der Waals surface area contributed by atoms with E-state index in [9.17, 15) is 24.0 Å². The fourth-order valence-electron chi connectivity index (χ4n) is 5.45. The molecule has 0 atom stereocenters. The summed E-state index contributed by atoms with van der Waals surface area (Å²) in [6.07, 6.45) is 0.958. The van der Waals surface area contributed by atoms with Crippen LogP contribution in [-0.2, 0) is 30.3 Å². The molecule has 0 fully saturated rings. The molecule has 1 aliphatic heterocycles. The molecule has 0 unspecified atom stereocenters. The lowest BCUT2D eigenvalue weighted by molar-refractivity contribution is -0.110. The Balaban J connectivity index is 1.81. The molecule has 0 bridgehead atoms. The van der Waals surface area contributed by atoms with Crippen molar-refractivity contribution >= 4 is 47.5 Å². The number of ether oxygens (including phenoxy) is 4. The third-order valence-corrected chi connectivity index (χ3v) is 7.51. The molecule has 0 aliphatic carbocycles. The number of aromatic amines is 1. The maximum atomic E-state index is 13.6. The Morgan fingerprint density at radius 3 is 2.20 bits per heavy atom. The van der Waals surface area contributed by atoms with Crippen LogP contribution in [0.3, 0.4) is 0 Å². The minimum absolute atomic E-state index is 0.00672. The molecule has 3 aromatic rings. The number of aryl methyl sites for hydroxylation is 1. The average molecular weight is 750 g/mol. The van der Waals surface area contributed by atoms with Gasteiger partial charge >= 0.3 is 24.2 Å². The van der Waals surface area contributed by atoms with E-state index in [1.807, 2.05) is 0 Å². The first-order valence-electron chi connectivity index (χ1n) is 17.6. The van der Waals surface area contributed by atoms with Gasteiger partial charge < -0.3 is 39.5 Å². The second-order valence-electron chi connectivity index (χ2n) is 15.8. The van der Waals surface area contributed by atoms with E-state index in [1.54, 1.807) is 101 Å². The largest absolute Gasteiger partial charge is 0.462 e. The Bertz CT molecular complexity index is 1970. The number of fused-ring (bicyclic) bond motifs is 1. The number of amides is 3. The number of carbonyl (C=O) groups excluding carboxylic acids is 5. The van der Waals surface area contributed by atoms with E-state index in [1.165, 1.54) is 11.1 Å². The number of nitrogens with zero attached hydrogens (tertiary/aromatic N) is 4. The van der Waals surface area contributed by atoms with Crippen molar-refractivity contribution in [1.29, 1.82) is 0 Å². The molecule has 3 aromatic heterocycles. The molecule has 4 rings (SSSR count). The van der Waals surface area contributed by atoms with Crippen LogP contribution in [0.1, 0.15) is 108 Å². The normalized spacial score (nSPS) is 13.6. The zero-order valence-electron chi connectivity index (χ0n) is 33.1. The molecule has 4 heterocycles. The molecule has 0 radical (unpaired) electrons. The van der Waals surface area contributed by atoms with Crippen LogP contribution in [0.4, 0.5) is 20.1 Å². The summed E-state index contributed by atoms with van der Waals surface area (Å²) in [5.74, 6) is -0.950. The van der Waals surface area contributed by atoms with Crippen molar-refractivity contribution in [3.8, 4) is 11.3 Å². The summed E-state index contributed by atoms with van der Waals surface area (Å²) >= 11 is 0. The van der Waals surface area contributed by atoms with Crippen molar-refractivity contribution < 1.29 is 42.9 Å². The fourth-order valence-corrected chi connectivity index (χ4v) is 5.45. The van der Waals surface area contributed by atoms with Gasteiger partial charge in [0.25, 0.3) is 5.91 Å². The topological polar surface area (TPSA) is 196 Å². The van der Waals surface area contributed by atoms with Crippen LogP contribution >= 0.6 is 0 Å². The zero-order valence-corrected chi connectivity index (χ0v) is 33.1. The molecule has 0 saturated heterocycles. The van der Waals surface area contributed by atoms with Gasteiger partial charge in [-0.25, -0.2) is 19.2 Å². The minimum Gasteiger partial charge on any atom is -0.462 e. The number of alkyl carbamates (subject to hydrolysis) is 1. The molecule has 16 heteroatoms. The maximum absolute atomic E-state index is 13.6. The summed E-state index contributed by atoms with van der Waals surface area (Å²) in [5.41, 5.74) is 1.47. The van der Waals surface area contributed by atoms with E-state index in [0.29, 0.717) is 39.6 Å². The number of anilines is 1. The predicted octanol–water partition coefficient (Wildman–Crippen LogP) is 6.60. The molecule has 1 aliphatic rings. The van der Waals surface area contributed by atoms with E-state index in [2.05, 4.69) is 25.7 Å². The number of carbonyl (C=O) groups is 5.